The van der Waals surface area contributed by atoms with Gasteiger partial charge in [0.15, 0.2) is 0 Å². The molecule has 2 aliphatic carbocycles. The van der Waals surface area contributed by atoms with E-state index >= 15 is 0 Å². The van der Waals surface area contributed by atoms with E-state index in [-0.39, 0.29) is 5.41 Å². The molecule has 9 aromatic rings. The standard InChI is InChI=1S/C52H37NS/c1-51(2)43-22-10-12-24-45(43)52(46-25-13-11-23-44(46)51)42-21-9-6-19-38(42)39-30-29-36(33-47(39)52)53(35-16-4-3-5-17-35)48-26-14-7-18-37(48)34-28-31-50-41(32-34)40-20-8-15-27-49(40)54-50/h3-33H,1-2H3. The molecule has 11 rings (SSSR count). The molecule has 0 atom stereocenters. The molecular weight excluding hydrogens is 671 g/mol. The van der Waals surface area contributed by atoms with Crippen LogP contribution in [0.25, 0.3) is 42.4 Å². The highest BCUT2D eigenvalue weighted by atomic mass is 32.1. The van der Waals surface area contributed by atoms with E-state index in [0.717, 1.165) is 17.1 Å². The van der Waals surface area contributed by atoms with Crippen molar-refractivity contribution in [2.75, 3.05) is 4.90 Å². The molecule has 256 valence electrons. The van der Waals surface area contributed by atoms with Crippen LogP contribution in [0.3, 0.4) is 0 Å². The maximum Gasteiger partial charge on any atom is 0.0720 e. The fraction of sp³-hybridized carbons (Fsp3) is 0.0769. The highest BCUT2D eigenvalue weighted by molar-refractivity contribution is 7.25. The lowest BCUT2D eigenvalue weighted by molar-refractivity contribution is 0.563. The van der Waals surface area contributed by atoms with E-state index < -0.39 is 5.41 Å². The number of nitrogens with zero attached hydrogens (tertiary/aromatic N) is 1. The first-order valence-electron chi connectivity index (χ1n) is 18.9. The van der Waals surface area contributed by atoms with Crippen molar-refractivity contribution in [1.29, 1.82) is 0 Å². The summed E-state index contributed by atoms with van der Waals surface area (Å²) in [5, 5.41) is 2.63. The van der Waals surface area contributed by atoms with Crippen LogP contribution in [0.15, 0.2) is 188 Å². The minimum atomic E-state index is -0.461. The van der Waals surface area contributed by atoms with E-state index in [2.05, 4.69) is 207 Å². The Morgan fingerprint density at radius 3 is 1.72 bits per heavy atom. The molecule has 2 aliphatic rings. The van der Waals surface area contributed by atoms with Crippen molar-refractivity contribution < 1.29 is 0 Å². The van der Waals surface area contributed by atoms with Crippen LogP contribution >= 0.6 is 11.3 Å². The van der Waals surface area contributed by atoms with Crippen molar-refractivity contribution in [2.24, 2.45) is 0 Å². The zero-order chi connectivity index (χ0) is 36.0. The Labute approximate surface area is 320 Å². The number of hydrogen-bond donors (Lipinski definition) is 0. The molecule has 0 radical (unpaired) electrons. The minimum absolute atomic E-state index is 0.141. The van der Waals surface area contributed by atoms with Crippen LogP contribution in [0.4, 0.5) is 17.1 Å². The minimum Gasteiger partial charge on any atom is -0.310 e. The summed E-state index contributed by atoms with van der Waals surface area (Å²) in [6.45, 7) is 4.78. The van der Waals surface area contributed by atoms with Gasteiger partial charge < -0.3 is 4.90 Å². The van der Waals surface area contributed by atoms with Gasteiger partial charge in [0.1, 0.15) is 0 Å². The highest BCUT2D eigenvalue weighted by Gasteiger charge is 2.53. The third-order valence-electron chi connectivity index (χ3n) is 12.1. The summed E-state index contributed by atoms with van der Waals surface area (Å²) in [5.41, 5.74) is 16.1. The van der Waals surface area contributed by atoms with Gasteiger partial charge in [-0.3, -0.25) is 0 Å². The van der Waals surface area contributed by atoms with Crippen LogP contribution < -0.4 is 4.90 Å². The van der Waals surface area contributed by atoms with Gasteiger partial charge in [0.05, 0.1) is 11.1 Å². The molecule has 0 fully saturated rings. The van der Waals surface area contributed by atoms with Crippen molar-refractivity contribution in [2.45, 2.75) is 24.7 Å². The molecule has 8 aromatic carbocycles. The molecular formula is C52H37NS. The van der Waals surface area contributed by atoms with Gasteiger partial charge in [0.25, 0.3) is 0 Å². The Hall–Kier alpha value is -6.22. The third kappa shape index (κ3) is 4.26. The first-order valence-corrected chi connectivity index (χ1v) is 19.7. The van der Waals surface area contributed by atoms with Crippen LogP contribution in [0.1, 0.15) is 47.2 Å². The average molecular weight is 708 g/mol. The van der Waals surface area contributed by atoms with E-state index in [1.54, 1.807) is 0 Å². The summed E-state index contributed by atoms with van der Waals surface area (Å²) in [6, 6.07) is 70.2. The second-order valence-electron chi connectivity index (χ2n) is 15.2. The van der Waals surface area contributed by atoms with Crippen molar-refractivity contribution in [1.82, 2.24) is 0 Å². The first-order chi connectivity index (χ1) is 26.5. The van der Waals surface area contributed by atoms with Crippen molar-refractivity contribution in [3.8, 4) is 22.3 Å². The number of anilines is 3. The summed E-state index contributed by atoms with van der Waals surface area (Å²) in [5.74, 6) is 0. The number of fused-ring (bicyclic) bond motifs is 12. The van der Waals surface area contributed by atoms with Crippen molar-refractivity contribution in [3.05, 3.63) is 221 Å². The Balaban J connectivity index is 1.18. The van der Waals surface area contributed by atoms with E-state index in [4.69, 9.17) is 0 Å². The zero-order valence-electron chi connectivity index (χ0n) is 30.3. The molecule has 0 N–H and O–H groups in total. The number of rotatable bonds is 4. The van der Waals surface area contributed by atoms with Crippen molar-refractivity contribution >= 4 is 48.6 Å². The van der Waals surface area contributed by atoms with Gasteiger partial charge in [0, 0.05) is 42.5 Å². The molecule has 54 heavy (non-hydrogen) atoms. The topological polar surface area (TPSA) is 3.24 Å². The summed E-state index contributed by atoms with van der Waals surface area (Å²) < 4.78 is 2.64. The fourth-order valence-corrected chi connectivity index (χ4v) is 10.9. The smallest absolute Gasteiger partial charge is 0.0720 e. The predicted octanol–water partition coefficient (Wildman–Crippen LogP) is 14.2. The summed E-state index contributed by atoms with van der Waals surface area (Å²) in [4.78, 5) is 2.47. The van der Waals surface area contributed by atoms with Gasteiger partial charge in [-0.2, -0.15) is 0 Å². The summed E-state index contributed by atoms with van der Waals surface area (Å²) in [6.07, 6.45) is 0. The molecule has 1 heterocycles. The van der Waals surface area contributed by atoms with Crippen LogP contribution in [0.2, 0.25) is 0 Å². The molecule has 1 aromatic heterocycles. The second-order valence-corrected chi connectivity index (χ2v) is 16.3. The molecule has 2 heteroatoms. The Morgan fingerprint density at radius 1 is 0.389 bits per heavy atom. The molecule has 1 nitrogen and oxygen atoms in total. The maximum absolute atomic E-state index is 2.50. The largest absolute Gasteiger partial charge is 0.310 e. The van der Waals surface area contributed by atoms with Gasteiger partial charge >= 0.3 is 0 Å². The number of hydrogen-bond acceptors (Lipinski definition) is 2. The monoisotopic (exact) mass is 707 g/mol. The molecule has 0 amide bonds. The number of benzene rings is 8. The molecule has 0 aliphatic heterocycles. The van der Waals surface area contributed by atoms with E-state index in [1.165, 1.54) is 75.8 Å². The van der Waals surface area contributed by atoms with E-state index in [1.807, 2.05) is 11.3 Å². The molecule has 0 bridgehead atoms. The van der Waals surface area contributed by atoms with Crippen LogP contribution in [-0.2, 0) is 10.8 Å². The number of thiophene rings is 1. The van der Waals surface area contributed by atoms with Gasteiger partial charge in [-0.05, 0) is 98.6 Å². The number of para-hydroxylation sites is 2. The Kier molecular flexibility index (Phi) is 6.75. The Bertz CT molecular complexity index is 2880. The lowest BCUT2D eigenvalue weighted by atomic mass is 9.55. The van der Waals surface area contributed by atoms with Gasteiger partial charge in [-0.1, -0.05) is 153 Å². The first kappa shape index (κ1) is 31.3. The molecule has 0 saturated heterocycles. The highest BCUT2D eigenvalue weighted by Crippen LogP contribution is 2.62. The zero-order valence-corrected chi connectivity index (χ0v) is 31.1. The molecule has 0 unspecified atom stereocenters. The van der Waals surface area contributed by atoms with E-state index in [0.29, 0.717) is 0 Å². The third-order valence-corrected chi connectivity index (χ3v) is 13.3. The average Bonchev–Trinajstić information content (AvgIpc) is 3.74. The SMILES string of the molecule is CC1(C)c2ccccc2C2(c3ccccc3-c3ccc(N(c4ccccc4)c4ccccc4-c4ccc5sc6ccccc6c5c4)cc32)c2ccccc21. The summed E-state index contributed by atoms with van der Waals surface area (Å²) >= 11 is 1.87. The summed E-state index contributed by atoms with van der Waals surface area (Å²) in [7, 11) is 0. The lowest BCUT2D eigenvalue weighted by Crippen LogP contribution is -2.40. The van der Waals surface area contributed by atoms with Crippen molar-refractivity contribution in [3.63, 3.8) is 0 Å². The Morgan fingerprint density at radius 2 is 0.963 bits per heavy atom. The fourth-order valence-electron chi connectivity index (χ4n) is 9.80. The normalized spacial score (nSPS) is 14.4. The maximum atomic E-state index is 2.50. The van der Waals surface area contributed by atoms with E-state index in [9.17, 15) is 0 Å². The molecule has 0 saturated carbocycles. The van der Waals surface area contributed by atoms with Gasteiger partial charge in [-0.25, -0.2) is 0 Å². The van der Waals surface area contributed by atoms with Gasteiger partial charge in [0.2, 0.25) is 0 Å². The lowest BCUT2D eigenvalue weighted by Gasteiger charge is -2.46. The van der Waals surface area contributed by atoms with Crippen LogP contribution in [0.5, 0.6) is 0 Å². The van der Waals surface area contributed by atoms with Gasteiger partial charge in [-0.15, -0.1) is 11.3 Å². The van der Waals surface area contributed by atoms with Crippen LogP contribution in [0, 0.1) is 0 Å². The second kappa shape index (κ2) is 11.6. The quantitative estimate of drug-likeness (QED) is 0.176. The van der Waals surface area contributed by atoms with Crippen LogP contribution in [-0.4, -0.2) is 0 Å². The predicted molar refractivity (Wildman–Crippen MR) is 229 cm³/mol. The molecule has 1 spiro atoms.